The molecule has 1 heterocycles. The van der Waals surface area contributed by atoms with E-state index >= 15 is 0 Å². The molecule has 0 bridgehead atoms. The molecular weight excluding hydrogens is 270 g/mol. The van der Waals surface area contributed by atoms with Gasteiger partial charge in [-0.25, -0.2) is 4.68 Å². The molecule has 0 aliphatic rings. The Balaban J connectivity index is 2.10. The zero-order valence-electron chi connectivity index (χ0n) is 11.3. The zero-order valence-corrected chi connectivity index (χ0v) is 12.1. The molecule has 0 unspecified atom stereocenters. The summed E-state index contributed by atoms with van der Waals surface area (Å²) in [6, 6.07) is 13.9. The first-order chi connectivity index (χ1) is 9.65. The molecule has 0 amide bonds. The van der Waals surface area contributed by atoms with Crippen molar-refractivity contribution in [2.24, 2.45) is 0 Å². The maximum atomic E-state index is 5.93. The van der Waals surface area contributed by atoms with Crippen LogP contribution < -0.4 is 0 Å². The lowest BCUT2D eigenvalue weighted by molar-refractivity contribution is 0.807. The van der Waals surface area contributed by atoms with Gasteiger partial charge in [0.2, 0.25) is 0 Å². The third-order valence-electron chi connectivity index (χ3n) is 3.42. The van der Waals surface area contributed by atoms with E-state index in [1.807, 2.05) is 28.9 Å². The molecule has 4 heteroatoms. The number of aryl methyl sites for hydroxylation is 2. The van der Waals surface area contributed by atoms with E-state index in [1.165, 1.54) is 11.1 Å². The summed E-state index contributed by atoms with van der Waals surface area (Å²) in [5, 5.41) is 8.94. The largest absolute Gasteiger partial charge is 0.213 e. The molecule has 3 rings (SSSR count). The second-order valence-electron chi connectivity index (χ2n) is 4.81. The van der Waals surface area contributed by atoms with Crippen LogP contribution in [0.15, 0.2) is 48.7 Å². The van der Waals surface area contributed by atoms with Gasteiger partial charge in [0.05, 0.1) is 17.6 Å². The van der Waals surface area contributed by atoms with Crippen molar-refractivity contribution in [2.45, 2.75) is 13.8 Å². The van der Waals surface area contributed by atoms with Crippen molar-refractivity contribution in [3.05, 3.63) is 64.8 Å². The average molecular weight is 284 g/mol. The summed E-state index contributed by atoms with van der Waals surface area (Å²) in [6.45, 7) is 4.19. The fourth-order valence-electron chi connectivity index (χ4n) is 2.10. The minimum Gasteiger partial charge on any atom is -0.213 e. The van der Waals surface area contributed by atoms with Crippen LogP contribution >= 0.6 is 11.6 Å². The lowest BCUT2D eigenvalue weighted by Gasteiger charge is -2.08. The molecule has 0 saturated heterocycles. The molecule has 3 nitrogen and oxygen atoms in total. The summed E-state index contributed by atoms with van der Waals surface area (Å²) < 4.78 is 1.84. The van der Waals surface area contributed by atoms with Crippen molar-refractivity contribution in [1.82, 2.24) is 15.0 Å². The smallest absolute Gasteiger partial charge is 0.0944 e. The van der Waals surface area contributed by atoms with Gasteiger partial charge in [-0.3, -0.25) is 0 Å². The van der Waals surface area contributed by atoms with E-state index in [1.54, 1.807) is 6.20 Å². The van der Waals surface area contributed by atoms with E-state index in [9.17, 15) is 0 Å². The molecule has 100 valence electrons. The summed E-state index contributed by atoms with van der Waals surface area (Å²) >= 11 is 5.93. The van der Waals surface area contributed by atoms with Gasteiger partial charge >= 0.3 is 0 Å². The van der Waals surface area contributed by atoms with Gasteiger partial charge < -0.3 is 0 Å². The molecule has 1 aromatic heterocycles. The Morgan fingerprint density at radius 3 is 2.40 bits per heavy atom. The minimum atomic E-state index is 0.721. The van der Waals surface area contributed by atoms with Gasteiger partial charge in [0.1, 0.15) is 0 Å². The Kier molecular flexibility index (Phi) is 3.28. The summed E-state index contributed by atoms with van der Waals surface area (Å²) in [7, 11) is 0. The van der Waals surface area contributed by atoms with Crippen LogP contribution in [0.25, 0.3) is 16.9 Å². The highest BCUT2D eigenvalue weighted by Gasteiger charge is 2.09. The van der Waals surface area contributed by atoms with Gasteiger partial charge in [-0.1, -0.05) is 35.0 Å². The van der Waals surface area contributed by atoms with Crippen molar-refractivity contribution < 1.29 is 0 Å². The normalized spacial score (nSPS) is 10.8. The molecule has 0 fully saturated rings. The molecule has 0 aliphatic heterocycles. The summed E-state index contributed by atoms with van der Waals surface area (Å²) in [6.07, 6.45) is 1.76. The molecule has 2 aromatic carbocycles. The van der Waals surface area contributed by atoms with E-state index in [2.05, 4.69) is 42.4 Å². The van der Waals surface area contributed by atoms with Crippen LogP contribution in [-0.4, -0.2) is 15.0 Å². The number of rotatable bonds is 2. The second-order valence-corrected chi connectivity index (χ2v) is 5.24. The third kappa shape index (κ3) is 2.32. The van der Waals surface area contributed by atoms with E-state index in [-0.39, 0.29) is 0 Å². The van der Waals surface area contributed by atoms with Crippen LogP contribution in [0, 0.1) is 13.8 Å². The van der Waals surface area contributed by atoms with Crippen LogP contribution in [0.1, 0.15) is 11.1 Å². The molecule has 20 heavy (non-hydrogen) atoms. The maximum absolute atomic E-state index is 5.93. The second kappa shape index (κ2) is 5.10. The number of halogens is 1. The molecule has 0 atom stereocenters. The fourth-order valence-corrected chi connectivity index (χ4v) is 2.23. The Morgan fingerprint density at radius 1 is 0.950 bits per heavy atom. The van der Waals surface area contributed by atoms with Gasteiger partial charge in [0, 0.05) is 10.6 Å². The number of hydrogen-bond donors (Lipinski definition) is 0. The summed E-state index contributed by atoms with van der Waals surface area (Å²) in [4.78, 5) is 0. The molecular formula is C16H14ClN3. The number of nitrogens with zero attached hydrogens (tertiary/aromatic N) is 3. The lowest BCUT2D eigenvalue weighted by atomic mass is 10.1. The van der Waals surface area contributed by atoms with E-state index in [0.29, 0.717) is 0 Å². The van der Waals surface area contributed by atoms with E-state index < -0.39 is 0 Å². The van der Waals surface area contributed by atoms with Crippen LogP contribution in [0.5, 0.6) is 0 Å². The number of hydrogen-bond acceptors (Lipinski definition) is 2. The van der Waals surface area contributed by atoms with Gasteiger partial charge in [-0.05, 0) is 49.2 Å². The standard InChI is InChI=1S/C16H14ClN3/c1-11-3-8-15(9-12(11)2)20-16(10-18-19-20)13-4-6-14(17)7-5-13/h3-10H,1-2H3. The Morgan fingerprint density at radius 2 is 1.70 bits per heavy atom. The SMILES string of the molecule is Cc1ccc(-n2nncc2-c2ccc(Cl)cc2)cc1C. The van der Waals surface area contributed by atoms with Crippen molar-refractivity contribution in [3.8, 4) is 16.9 Å². The quantitative estimate of drug-likeness (QED) is 0.705. The summed E-state index contributed by atoms with van der Waals surface area (Å²) in [5.41, 5.74) is 5.50. The van der Waals surface area contributed by atoms with Crippen molar-refractivity contribution >= 4 is 11.6 Å². The number of benzene rings is 2. The maximum Gasteiger partial charge on any atom is 0.0944 e. The monoisotopic (exact) mass is 283 g/mol. The first kappa shape index (κ1) is 12.9. The summed E-state index contributed by atoms with van der Waals surface area (Å²) in [5.74, 6) is 0. The first-order valence-corrected chi connectivity index (χ1v) is 6.77. The number of aromatic nitrogens is 3. The molecule has 0 radical (unpaired) electrons. The molecule has 0 saturated carbocycles. The van der Waals surface area contributed by atoms with Crippen molar-refractivity contribution in [2.75, 3.05) is 0 Å². The Bertz CT molecular complexity index is 745. The van der Waals surface area contributed by atoms with Gasteiger partial charge in [-0.2, -0.15) is 0 Å². The highest BCUT2D eigenvalue weighted by atomic mass is 35.5. The van der Waals surface area contributed by atoms with E-state index in [0.717, 1.165) is 22.0 Å². The highest BCUT2D eigenvalue weighted by Crippen LogP contribution is 2.24. The Labute approximate surface area is 122 Å². The van der Waals surface area contributed by atoms with Gasteiger partial charge in [0.15, 0.2) is 0 Å². The predicted molar refractivity (Wildman–Crippen MR) is 81.3 cm³/mol. The zero-order chi connectivity index (χ0) is 14.1. The average Bonchev–Trinajstić information content (AvgIpc) is 2.92. The molecule has 0 spiro atoms. The van der Waals surface area contributed by atoms with Crippen molar-refractivity contribution in [1.29, 1.82) is 0 Å². The van der Waals surface area contributed by atoms with Gasteiger partial charge in [-0.15, -0.1) is 5.10 Å². The predicted octanol–water partition coefficient (Wildman–Crippen LogP) is 4.20. The van der Waals surface area contributed by atoms with Gasteiger partial charge in [0.25, 0.3) is 0 Å². The van der Waals surface area contributed by atoms with Crippen LogP contribution in [0.4, 0.5) is 0 Å². The molecule has 0 N–H and O–H groups in total. The van der Waals surface area contributed by atoms with Crippen LogP contribution in [0.2, 0.25) is 5.02 Å². The van der Waals surface area contributed by atoms with E-state index in [4.69, 9.17) is 11.6 Å². The molecule has 3 aromatic rings. The third-order valence-corrected chi connectivity index (χ3v) is 3.68. The van der Waals surface area contributed by atoms with Crippen LogP contribution in [-0.2, 0) is 0 Å². The molecule has 0 aliphatic carbocycles. The fraction of sp³-hybridized carbons (Fsp3) is 0.125. The Hall–Kier alpha value is -2.13. The lowest BCUT2D eigenvalue weighted by Crippen LogP contribution is -2.00. The topological polar surface area (TPSA) is 30.7 Å². The minimum absolute atomic E-state index is 0.721. The van der Waals surface area contributed by atoms with Crippen LogP contribution in [0.3, 0.4) is 0 Å². The first-order valence-electron chi connectivity index (χ1n) is 6.39. The van der Waals surface area contributed by atoms with Crippen molar-refractivity contribution in [3.63, 3.8) is 0 Å². The highest BCUT2D eigenvalue weighted by molar-refractivity contribution is 6.30.